The highest BCUT2D eigenvalue weighted by atomic mass is 14.9. The quantitative estimate of drug-likeness (QED) is 0.249. The maximum Gasteiger partial charge on any atom is 0.160 e. The first-order valence-electron chi connectivity index (χ1n) is 12.0. The summed E-state index contributed by atoms with van der Waals surface area (Å²) in [6.07, 6.45) is 3.56. The first-order chi connectivity index (χ1) is 17.8. The molecule has 2 aromatic heterocycles. The molecule has 0 fully saturated rings. The van der Waals surface area contributed by atoms with Crippen molar-refractivity contribution < 1.29 is 0 Å². The third kappa shape index (κ3) is 3.58. The molecule has 7 rings (SSSR count). The molecule has 0 N–H and O–H groups in total. The smallest absolute Gasteiger partial charge is 0.160 e. The summed E-state index contributed by atoms with van der Waals surface area (Å²) in [6, 6.07) is 40.4. The van der Waals surface area contributed by atoms with Gasteiger partial charge in [0.25, 0.3) is 0 Å². The molecule has 2 heterocycles. The molecule has 3 heteroatoms. The summed E-state index contributed by atoms with van der Waals surface area (Å²) >= 11 is 0. The minimum Gasteiger partial charge on any atom is -0.265 e. The Morgan fingerprint density at radius 1 is 0.389 bits per heavy atom. The van der Waals surface area contributed by atoms with E-state index in [1.165, 1.54) is 32.3 Å². The van der Waals surface area contributed by atoms with E-state index in [9.17, 15) is 0 Å². The third-order valence-corrected chi connectivity index (χ3v) is 6.75. The van der Waals surface area contributed by atoms with Gasteiger partial charge in [-0.15, -0.1) is 0 Å². The van der Waals surface area contributed by atoms with Gasteiger partial charge in [0, 0.05) is 29.1 Å². The van der Waals surface area contributed by atoms with Crippen LogP contribution in [0.5, 0.6) is 0 Å². The second-order valence-corrected chi connectivity index (χ2v) is 8.98. The molecule has 168 valence electrons. The van der Waals surface area contributed by atoms with E-state index in [1.807, 2.05) is 12.1 Å². The van der Waals surface area contributed by atoms with Gasteiger partial charge in [0.1, 0.15) is 0 Å². The minimum absolute atomic E-state index is 0.691. The average molecular weight is 460 g/mol. The van der Waals surface area contributed by atoms with Crippen molar-refractivity contribution in [3.63, 3.8) is 0 Å². The fraction of sp³-hybridized carbons (Fsp3) is 0. The number of hydrogen-bond acceptors (Lipinski definition) is 3. The molecule has 0 bridgehead atoms. The van der Waals surface area contributed by atoms with Crippen LogP contribution in [0, 0.1) is 0 Å². The second kappa shape index (κ2) is 8.40. The predicted molar refractivity (Wildman–Crippen MR) is 149 cm³/mol. The van der Waals surface area contributed by atoms with Crippen molar-refractivity contribution in [2.75, 3.05) is 0 Å². The summed E-state index contributed by atoms with van der Waals surface area (Å²) in [6.45, 7) is 0. The number of pyridine rings is 1. The summed E-state index contributed by atoms with van der Waals surface area (Å²) in [4.78, 5) is 14.2. The molecule has 3 nitrogen and oxygen atoms in total. The molecule has 0 amide bonds. The number of rotatable bonds is 3. The van der Waals surface area contributed by atoms with Crippen LogP contribution in [0.1, 0.15) is 0 Å². The number of fused-ring (bicyclic) bond motifs is 4. The Morgan fingerprint density at radius 3 is 1.75 bits per heavy atom. The Bertz CT molecular complexity index is 1890. The van der Waals surface area contributed by atoms with Crippen LogP contribution in [0.2, 0.25) is 0 Å². The fourth-order valence-electron chi connectivity index (χ4n) is 4.88. The molecular formula is C33H21N3. The van der Waals surface area contributed by atoms with Crippen molar-refractivity contribution in [2.45, 2.75) is 0 Å². The van der Waals surface area contributed by atoms with Crippen LogP contribution >= 0.6 is 0 Å². The molecule has 36 heavy (non-hydrogen) atoms. The molecule has 0 aliphatic carbocycles. The van der Waals surface area contributed by atoms with E-state index in [0.717, 1.165) is 28.1 Å². The molecular weight excluding hydrogens is 438 g/mol. The lowest BCUT2D eigenvalue weighted by atomic mass is 9.98. The number of hydrogen-bond donors (Lipinski definition) is 0. The van der Waals surface area contributed by atoms with Crippen molar-refractivity contribution >= 4 is 32.3 Å². The lowest BCUT2D eigenvalue weighted by Gasteiger charge is -2.11. The second-order valence-electron chi connectivity index (χ2n) is 8.98. The van der Waals surface area contributed by atoms with Crippen LogP contribution in [0.4, 0.5) is 0 Å². The lowest BCUT2D eigenvalue weighted by Crippen LogP contribution is -1.96. The van der Waals surface area contributed by atoms with Crippen molar-refractivity contribution in [1.82, 2.24) is 15.0 Å². The maximum absolute atomic E-state index is 5.01. The van der Waals surface area contributed by atoms with E-state index in [-0.39, 0.29) is 0 Å². The Balaban J connectivity index is 1.46. The molecule has 0 aliphatic heterocycles. The molecule has 0 aliphatic rings. The van der Waals surface area contributed by atoms with Crippen molar-refractivity contribution in [2.24, 2.45) is 0 Å². The molecule has 0 saturated carbocycles. The number of benzene rings is 5. The Labute approximate surface area is 208 Å². The van der Waals surface area contributed by atoms with Crippen molar-refractivity contribution in [3.05, 3.63) is 128 Å². The van der Waals surface area contributed by atoms with Crippen LogP contribution in [0.3, 0.4) is 0 Å². The van der Waals surface area contributed by atoms with Crippen LogP contribution in [-0.4, -0.2) is 15.0 Å². The lowest BCUT2D eigenvalue weighted by molar-refractivity contribution is 1.18. The highest BCUT2D eigenvalue weighted by Crippen LogP contribution is 2.32. The summed E-state index contributed by atoms with van der Waals surface area (Å²) in [7, 11) is 0. The standard InChI is InChI=1S/C33H21N3/c1-2-7-26-19-27(13-9-22(26)5-1)31-21-32(36-33(35-31)25-15-17-34-18-16-25)28-14-12-24-11-10-23-6-3-4-8-29(23)30(24)20-28/h1-21H. The van der Waals surface area contributed by atoms with Gasteiger partial charge in [0.15, 0.2) is 5.82 Å². The Kier molecular flexibility index (Phi) is 4.78. The first-order valence-corrected chi connectivity index (χ1v) is 12.0. The van der Waals surface area contributed by atoms with Gasteiger partial charge in [-0.1, -0.05) is 84.9 Å². The van der Waals surface area contributed by atoms with Crippen LogP contribution in [-0.2, 0) is 0 Å². The first kappa shape index (κ1) is 20.5. The largest absolute Gasteiger partial charge is 0.265 e. The van der Waals surface area contributed by atoms with E-state index in [4.69, 9.17) is 9.97 Å². The van der Waals surface area contributed by atoms with E-state index >= 15 is 0 Å². The van der Waals surface area contributed by atoms with Gasteiger partial charge in [-0.25, -0.2) is 9.97 Å². The van der Waals surface area contributed by atoms with Gasteiger partial charge in [-0.3, -0.25) is 4.98 Å². The topological polar surface area (TPSA) is 38.7 Å². The van der Waals surface area contributed by atoms with Gasteiger partial charge in [0.05, 0.1) is 11.4 Å². The van der Waals surface area contributed by atoms with Crippen LogP contribution < -0.4 is 0 Å². The Hall–Kier alpha value is -4.89. The van der Waals surface area contributed by atoms with Crippen LogP contribution in [0.15, 0.2) is 128 Å². The molecule has 0 spiro atoms. The molecule has 0 saturated heterocycles. The summed E-state index contributed by atoms with van der Waals surface area (Å²) in [5.74, 6) is 0.691. The maximum atomic E-state index is 5.01. The van der Waals surface area contributed by atoms with Crippen molar-refractivity contribution in [1.29, 1.82) is 0 Å². The number of aromatic nitrogens is 3. The van der Waals surface area contributed by atoms with E-state index in [0.29, 0.717) is 5.82 Å². The highest BCUT2D eigenvalue weighted by molar-refractivity contribution is 6.08. The van der Waals surface area contributed by atoms with E-state index in [1.54, 1.807) is 12.4 Å². The molecule has 7 aromatic rings. The van der Waals surface area contributed by atoms with Gasteiger partial charge in [-0.05, 0) is 62.6 Å². The van der Waals surface area contributed by atoms with E-state index < -0.39 is 0 Å². The zero-order chi connectivity index (χ0) is 23.9. The van der Waals surface area contributed by atoms with Crippen LogP contribution in [0.25, 0.3) is 66.2 Å². The van der Waals surface area contributed by atoms with Crippen molar-refractivity contribution in [3.8, 4) is 33.9 Å². The Morgan fingerprint density at radius 2 is 0.972 bits per heavy atom. The highest BCUT2D eigenvalue weighted by Gasteiger charge is 2.12. The molecule has 5 aromatic carbocycles. The zero-order valence-corrected chi connectivity index (χ0v) is 19.5. The normalized spacial score (nSPS) is 11.3. The third-order valence-electron chi connectivity index (χ3n) is 6.75. The summed E-state index contributed by atoms with van der Waals surface area (Å²) in [5.41, 5.74) is 4.88. The average Bonchev–Trinajstić information content (AvgIpc) is 2.97. The van der Waals surface area contributed by atoms with E-state index in [2.05, 4.69) is 108 Å². The predicted octanol–water partition coefficient (Wildman–Crippen LogP) is 8.33. The zero-order valence-electron chi connectivity index (χ0n) is 19.5. The van der Waals surface area contributed by atoms with Gasteiger partial charge < -0.3 is 0 Å². The van der Waals surface area contributed by atoms with Gasteiger partial charge >= 0.3 is 0 Å². The number of nitrogens with zero attached hydrogens (tertiary/aromatic N) is 3. The fourth-order valence-corrected chi connectivity index (χ4v) is 4.88. The molecule has 0 atom stereocenters. The summed E-state index contributed by atoms with van der Waals surface area (Å²) in [5, 5.41) is 7.33. The molecule has 0 radical (unpaired) electrons. The van der Waals surface area contributed by atoms with Gasteiger partial charge in [-0.2, -0.15) is 0 Å². The van der Waals surface area contributed by atoms with Gasteiger partial charge in [0.2, 0.25) is 0 Å². The minimum atomic E-state index is 0.691. The summed E-state index contributed by atoms with van der Waals surface area (Å²) < 4.78 is 0. The monoisotopic (exact) mass is 459 g/mol. The molecule has 0 unspecified atom stereocenters. The SMILES string of the molecule is c1ccc2cc(-c3cc(-c4ccc5ccc6ccccc6c5c4)nc(-c4ccncc4)n3)ccc2c1.